The summed E-state index contributed by atoms with van der Waals surface area (Å²) >= 11 is 0. The number of carbonyl (C=O) groups excluding carboxylic acids is 3. The number of carboxylic acids is 1. The number of carbonyl (C=O) groups is 4. The number of aromatic nitrogens is 2. The topological polar surface area (TPSA) is 183 Å². The molecule has 47 heavy (non-hydrogen) atoms. The molecule has 248 valence electrons. The number of H-pyrrole nitrogens is 1. The molecule has 12 heteroatoms. The van der Waals surface area contributed by atoms with Crippen LogP contribution >= 0.6 is 0 Å². The Morgan fingerprint density at radius 3 is 2.23 bits per heavy atom. The summed E-state index contributed by atoms with van der Waals surface area (Å²) in [5, 5.41) is 29.9. The maximum Gasteiger partial charge on any atom is 0.408 e. The molecule has 3 aromatic carbocycles. The molecular formula is C35H41N5O7. The van der Waals surface area contributed by atoms with E-state index in [0.29, 0.717) is 12.1 Å². The lowest BCUT2D eigenvalue weighted by molar-refractivity contribution is -0.140. The Bertz CT molecular complexity index is 1620. The van der Waals surface area contributed by atoms with E-state index in [9.17, 15) is 29.4 Å². The lowest BCUT2D eigenvalue weighted by Crippen LogP contribution is -2.57. The molecule has 0 aliphatic rings. The van der Waals surface area contributed by atoms with E-state index in [4.69, 9.17) is 4.74 Å². The lowest BCUT2D eigenvalue weighted by Gasteiger charge is -2.28. The van der Waals surface area contributed by atoms with E-state index in [1.165, 1.54) is 12.5 Å². The van der Waals surface area contributed by atoms with E-state index in [-0.39, 0.29) is 25.4 Å². The highest BCUT2D eigenvalue weighted by molar-refractivity contribution is 5.93. The average Bonchev–Trinajstić information content (AvgIpc) is 3.56. The lowest BCUT2D eigenvalue weighted by atomic mass is 9.96. The molecule has 0 bridgehead atoms. The Morgan fingerprint density at radius 1 is 0.851 bits per heavy atom. The first kappa shape index (κ1) is 34.6. The summed E-state index contributed by atoms with van der Waals surface area (Å²) in [6.45, 7) is 3.77. The van der Waals surface area contributed by atoms with Gasteiger partial charge in [-0.1, -0.05) is 86.6 Å². The second-order valence-electron chi connectivity index (χ2n) is 11.9. The predicted molar refractivity (Wildman–Crippen MR) is 175 cm³/mol. The van der Waals surface area contributed by atoms with Gasteiger partial charge in [-0.05, 0) is 34.2 Å². The highest BCUT2D eigenvalue weighted by Gasteiger charge is 2.31. The van der Waals surface area contributed by atoms with E-state index in [0.717, 1.165) is 21.9 Å². The number of hydrogen-bond acceptors (Lipinski definition) is 7. The summed E-state index contributed by atoms with van der Waals surface area (Å²) in [4.78, 5) is 58.9. The standard InChI is InChI=1S/C35H41N5O7/c1-22(2)15-28(31(41)18-32(42)43)38-34(45)30(17-26-19-36-21-37-26)39-33(44)29(40-35(46)47-20-23-9-4-3-5-10-23)16-25-13-8-12-24-11-6-7-14-27(24)25/h3-14,19,21-22,28-31,41H,15-18,20H2,1-2H3,(H,36,37)(H,38,45)(H,39,44)(H,40,46)(H,42,43)/t28-,29-,30+,31-/m0/s1. The van der Waals surface area contributed by atoms with Crippen LogP contribution in [-0.4, -0.2) is 68.3 Å². The van der Waals surface area contributed by atoms with Gasteiger partial charge in [-0.3, -0.25) is 14.4 Å². The second kappa shape index (κ2) is 16.9. The second-order valence-corrected chi connectivity index (χ2v) is 11.9. The number of fused-ring (bicyclic) bond motifs is 1. The van der Waals surface area contributed by atoms with Gasteiger partial charge >= 0.3 is 12.1 Å². The third kappa shape index (κ3) is 10.7. The van der Waals surface area contributed by atoms with Crippen molar-refractivity contribution in [2.75, 3.05) is 0 Å². The molecule has 0 saturated heterocycles. The molecule has 6 N–H and O–H groups in total. The zero-order valence-corrected chi connectivity index (χ0v) is 26.4. The summed E-state index contributed by atoms with van der Waals surface area (Å²) in [5.41, 5.74) is 2.13. The van der Waals surface area contributed by atoms with Gasteiger partial charge in [0.25, 0.3) is 0 Å². The van der Waals surface area contributed by atoms with E-state index in [1.807, 2.05) is 86.6 Å². The van der Waals surface area contributed by atoms with Crippen molar-refractivity contribution >= 4 is 34.6 Å². The molecule has 3 amide bonds. The minimum atomic E-state index is -1.34. The van der Waals surface area contributed by atoms with Crippen LogP contribution in [0, 0.1) is 5.92 Å². The number of imidazole rings is 1. The minimum Gasteiger partial charge on any atom is -0.481 e. The number of alkyl carbamates (subject to hydrolysis) is 1. The van der Waals surface area contributed by atoms with Crippen LogP contribution in [0.1, 0.15) is 43.5 Å². The van der Waals surface area contributed by atoms with E-state index in [1.54, 1.807) is 0 Å². The van der Waals surface area contributed by atoms with Gasteiger partial charge in [0.1, 0.15) is 18.7 Å². The maximum atomic E-state index is 14.0. The van der Waals surface area contributed by atoms with E-state index < -0.39 is 54.5 Å². The van der Waals surface area contributed by atoms with Crippen molar-refractivity contribution in [2.45, 2.75) is 70.4 Å². The summed E-state index contributed by atoms with van der Waals surface area (Å²) in [6.07, 6.45) is 0.669. The maximum absolute atomic E-state index is 14.0. The summed E-state index contributed by atoms with van der Waals surface area (Å²) in [5.74, 6) is -2.44. The molecule has 0 aliphatic heterocycles. The molecular weight excluding hydrogens is 602 g/mol. The highest BCUT2D eigenvalue weighted by Crippen LogP contribution is 2.20. The van der Waals surface area contributed by atoms with Gasteiger partial charge in [0.15, 0.2) is 0 Å². The highest BCUT2D eigenvalue weighted by atomic mass is 16.5. The fourth-order valence-corrected chi connectivity index (χ4v) is 5.33. The van der Waals surface area contributed by atoms with Crippen molar-refractivity contribution in [2.24, 2.45) is 5.92 Å². The van der Waals surface area contributed by atoms with Crippen molar-refractivity contribution in [3.05, 3.63) is 102 Å². The number of aliphatic hydroxyl groups is 1. The predicted octanol–water partition coefficient (Wildman–Crippen LogP) is 3.49. The first-order chi connectivity index (χ1) is 22.6. The number of rotatable bonds is 16. The zero-order valence-electron chi connectivity index (χ0n) is 26.4. The summed E-state index contributed by atoms with van der Waals surface area (Å²) < 4.78 is 5.42. The van der Waals surface area contributed by atoms with Crippen LogP contribution in [0.25, 0.3) is 10.8 Å². The number of aliphatic carboxylic acids is 1. The van der Waals surface area contributed by atoms with E-state index >= 15 is 0 Å². The van der Waals surface area contributed by atoms with Gasteiger partial charge in [-0.15, -0.1) is 0 Å². The van der Waals surface area contributed by atoms with Crippen molar-refractivity contribution in [1.29, 1.82) is 0 Å². The molecule has 4 aromatic rings. The number of nitrogens with zero attached hydrogens (tertiary/aromatic N) is 1. The molecule has 0 radical (unpaired) electrons. The molecule has 0 spiro atoms. The molecule has 1 heterocycles. The monoisotopic (exact) mass is 643 g/mol. The number of aromatic amines is 1. The fourth-order valence-electron chi connectivity index (χ4n) is 5.33. The van der Waals surface area contributed by atoms with Gasteiger partial charge in [-0.25, -0.2) is 9.78 Å². The van der Waals surface area contributed by atoms with Crippen LogP contribution in [-0.2, 0) is 38.6 Å². The van der Waals surface area contributed by atoms with Crippen molar-refractivity contribution in [3.8, 4) is 0 Å². The largest absolute Gasteiger partial charge is 0.481 e. The van der Waals surface area contributed by atoms with Gasteiger partial charge < -0.3 is 35.9 Å². The van der Waals surface area contributed by atoms with Gasteiger partial charge in [0.2, 0.25) is 11.8 Å². The number of aliphatic hydroxyl groups excluding tert-OH is 1. The van der Waals surface area contributed by atoms with Crippen LogP contribution in [0.5, 0.6) is 0 Å². The van der Waals surface area contributed by atoms with Crippen molar-refractivity contribution in [3.63, 3.8) is 0 Å². The average molecular weight is 644 g/mol. The zero-order chi connectivity index (χ0) is 33.8. The molecule has 0 fully saturated rings. The van der Waals surface area contributed by atoms with Crippen LogP contribution in [0.15, 0.2) is 85.3 Å². The Hall–Kier alpha value is -5.23. The van der Waals surface area contributed by atoms with Crippen molar-refractivity contribution in [1.82, 2.24) is 25.9 Å². The normalized spacial score (nSPS) is 13.7. The third-order valence-corrected chi connectivity index (χ3v) is 7.64. The summed E-state index contributed by atoms with van der Waals surface area (Å²) in [6, 6.07) is 19.3. The Morgan fingerprint density at radius 2 is 1.53 bits per heavy atom. The smallest absolute Gasteiger partial charge is 0.408 e. The third-order valence-electron chi connectivity index (χ3n) is 7.64. The SMILES string of the molecule is CC(C)C[C@H](NC(=O)[C@@H](Cc1cnc[nH]1)NC(=O)[C@H](Cc1cccc2ccccc12)NC(=O)OCc1ccccc1)[C@@H](O)CC(=O)O. The van der Waals surface area contributed by atoms with Gasteiger partial charge in [-0.2, -0.15) is 0 Å². The molecule has 1 aromatic heterocycles. The minimum absolute atomic E-state index is 0.00392. The van der Waals surface area contributed by atoms with Crippen LogP contribution in [0.2, 0.25) is 0 Å². The fraction of sp³-hybridized carbons (Fsp3) is 0.343. The number of hydrogen-bond donors (Lipinski definition) is 6. The van der Waals surface area contributed by atoms with Crippen LogP contribution in [0.4, 0.5) is 4.79 Å². The molecule has 12 nitrogen and oxygen atoms in total. The number of nitrogens with one attached hydrogen (secondary N) is 4. The number of amides is 3. The molecule has 0 aliphatic carbocycles. The van der Waals surface area contributed by atoms with Crippen LogP contribution < -0.4 is 16.0 Å². The molecule has 4 rings (SSSR count). The quantitative estimate of drug-likeness (QED) is 0.107. The first-order valence-electron chi connectivity index (χ1n) is 15.5. The first-order valence-corrected chi connectivity index (χ1v) is 15.5. The van der Waals surface area contributed by atoms with Gasteiger partial charge in [0, 0.05) is 24.7 Å². The Labute approximate surface area is 272 Å². The van der Waals surface area contributed by atoms with E-state index in [2.05, 4.69) is 25.9 Å². The molecule has 0 saturated carbocycles. The summed E-state index contributed by atoms with van der Waals surface area (Å²) in [7, 11) is 0. The number of benzene rings is 3. The number of ether oxygens (including phenoxy) is 1. The molecule has 0 unspecified atom stereocenters. The van der Waals surface area contributed by atoms with Crippen LogP contribution in [0.3, 0.4) is 0 Å². The van der Waals surface area contributed by atoms with Gasteiger partial charge in [0.05, 0.1) is 24.9 Å². The van der Waals surface area contributed by atoms with Crippen molar-refractivity contribution < 1.29 is 34.1 Å². The molecule has 4 atom stereocenters. The Balaban J connectivity index is 1.58. The number of carboxylic acid groups (broad SMARTS) is 1. The Kier molecular flexibility index (Phi) is 12.5.